The summed E-state index contributed by atoms with van der Waals surface area (Å²) in [6, 6.07) is 0. The molecule has 2 heteroatoms. The van der Waals surface area contributed by atoms with E-state index in [2.05, 4.69) is 88.5 Å². The summed E-state index contributed by atoms with van der Waals surface area (Å²) in [7, 11) is 0. The second kappa shape index (κ2) is 19.8. The Hall–Kier alpha value is -0.548. The Morgan fingerprint density at radius 2 is 1.00 bits per heavy atom. The molecule has 0 fully saturated rings. The van der Waals surface area contributed by atoms with Crippen LogP contribution in [0.1, 0.15) is 53.4 Å². The monoisotopic (exact) mass is 392 g/mol. The van der Waals surface area contributed by atoms with Crippen LogP contribution in [0.25, 0.3) is 0 Å². The average molecular weight is 393 g/mol. The minimum atomic E-state index is 0. The van der Waals surface area contributed by atoms with E-state index in [0.717, 1.165) is 25.7 Å². The molecule has 0 heterocycles. The molecular weight excluding hydrogens is 361 g/mol. The van der Waals surface area contributed by atoms with Gasteiger partial charge in [0.1, 0.15) is 0 Å². The second-order valence-corrected chi connectivity index (χ2v) is 6.79. The fourth-order valence-corrected chi connectivity index (χ4v) is 2.32. The van der Waals surface area contributed by atoms with Crippen molar-refractivity contribution in [3.63, 3.8) is 0 Å². The van der Waals surface area contributed by atoms with Crippen molar-refractivity contribution in [3.8, 4) is 0 Å². The molecule has 0 N–H and O–H groups in total. The van der Waals surface area contributed by atoms with Crippen molar-refractivity contribution in [1.29, 1.82) is 0 Å². The van der Waals surface area contributed by atoms with E-state index in [-0.39, 0.29) is 46.1 Å². The molecule has 140 valence electrons. The predicted molar refractivity (Wildman–Crippen MR) is 125 cm³/mol. The van der Waals surface area contributed by atoms with Gasteiger partial charge in [-0.25, -0.2) is 47.6 Å². The third kappa shape index (κ3) is 15.4. The zero-order valence-corrected chi connectivity index (χ0v) is 21.0. The minimum absolute atomic E-state index is 0. The van der Waals surface area contributed by atoms with Crippen LogP contribution in [0.3, 0.4) is 0 Å². The zero-order valence-electron chi connectivity index (χ0n) is 18.2. The first-order valence-corrected chi connectivity index (χ1v) is 9.59. The molecule has 0 amide bonds. The smallest absolute Gasteiger partial charge is 0.273 e. The molecule has 28 heavy (non-hydrogen) atoms. The van der Waals surface area contributed by atoms with Crippen LogP contribution in [-0.4, -0.2) is 46.1 Å². The summed E-state index contributed by atoms with van der Waals surface area (Å²) in [6.45, 7) is 8.77. The van der Waals surface area contributed by atoms with Crippen LogP contribution in [-0.2, 0) is 0 Å². The minimum Gasteiger partial charge on any atom is -0.273 e. The molecule has 0 aromatic heterocycles. The van der Waals surface area contributed by atoms with E-state index in [0.29, 0.717) is 11.8 Å². The van der Waals surface area contributed by atoms with E-state index in [4.69, 9.17) is 0 Å². The summed E-state index contributed by atoms with van der Waals surface area (Å²) in [4.78, 5) is 0. The largest absolute Gasteiger partial charge is 2.00 e. The molecule has 0 atom stereocenters. The molecule has 4 aliphatic rings. The predicted octanol–water partition coefficient (Wildman–Crippen LogP) is 6.51. The maximum Gasteiger partial charge on any atom is 2.00 e. The molecule has 0 bridgehead atoms. The number of hydrogen-bond donors (Lipinski definition) is 0. The van der Waals surface area contributed by atoms with Crippen LogP contribution in [0, 0.1) is 36.1 Å². The molecule has 0 aromatic carbocycles. The first-order valence-electron chi connectivity index (χ1n) is 9.59. The molecule has 0 unspecified atom stereocenters. The van der Waals surface area contributed by atoms with Gasteiger partial charge in [0.2, 0.25) is 0 Å². The van der Waals surface area contributed by atoms with Gasteiger partial charge in [0.15, 0.2) is 0 Å². The normalized spacial score (nSPS) is 16.4. The van der Waals surface area contributed by atoms with Crippen molar-refractivity contribution >= 4 is 46.1 Å². The molecular formula is C26H32Mg2. The fourth-order valence-electron chi connectivity index (χ4n) is 2.32. The summed E-state index contributed by atoms with van der Waals surface area (Å²) in [5, 5.41) is 0. The average Bonchev–Trinajstić information content (AvgIpc) is 3.49. The Morgan fingerprint density at radius 3 is 1.11 bits per heavy atom. The zero-order chi connectivity index (χ0) is 19.0. The van der Waals surface area contributed by atoms with E-state index in [9.17, 15) is 0 Å². The van der Waals surface area contributed by atoms with Gasteiger partial charge in [-0.15, -0.1) is 25.7 Å². The molecule has 4 rings (SSSR count). The topological polar surface area (TPSA) is 0 Å². The summed E-state index contributed by atoms with van der Waals surface area (Å²) < 4.78 is 0. The van der Waals surface area contributed by atoms with E-state index in [1.807, 2.05) is 24.3 Å². The van der Waals surface area contributed by atoms with Gasteiger partial charge in [0.25, 0.3) is 0 Å². The van der Waals surface area contributed by atoms with Gasteiger partial charge < -0.3 is 0 Å². The molecule has 0 aliphatic heterocycles. The van der Waals surface area contributed by atoms with Crippen molar-refractivity contribution in [1.82, 2.24) is 0 Å². The second-order valence-electron chi connectivity index (χ2n) is 6.79. The van der Waals surface area contributed by atoms with Crippen molar-refractivity contribution in [2.24, 2.45) is 11.8 Å². The fraction of sp³-hybridized carbons (Fsp3) is 0.385. The van der Waals surface area contributed by atoms with Crippen LogP contribution in [0.2, 0.25) is 0 Å². The Morgan fingerprint density at radius 1 is 0.607 bits per heavy atom. The first-order chi connectivity index (χ1) is 12.6. The Bertz CT molecular complexity index is 545. The van der Waals surface area contributed by atoms with Crippen molar-refractivity contribution in [3.05, 3.63) is 96.2 Å². The SMILES string of the molecule is CC(C)C1=[C-]CC=C1.CC(C)C1=[C-]CC=C1.[C-]1=CC=CC1.[C-]1=CC=CC1.[Mg+2].[Mg+2]. The number of allylic oxidation sites excluding steroid dienone is 16. The van der Waals surface area contributed by atoms with Gasteiger partial charge in [-0.3, -0.25) is 24.3 Å². The standard InChI is InChI=1S/2C8H11.2C5H5.2Mg/c2*1-7(2)8-5-3-4-6-8;2*1-2-4-5-3-1;;/h2*3,5,7H,4H2,1-2H3;2*1-3H,4H2;;/q4*-1;2*+2. The van der Waals surface area contributed by atoms with Crippen molar-refractivity contribution < 1.29 is 0 Å². The summed E-state index contributed by atoms with van der Waals surface area (Å²) in [5.41, 5.74) is 2.73. The summed E-state index contributed by atoms with van der Waals surface area (Å²) in [6.07, 6.45) is 37.2. The number of hydrogen-bond acceptors (Lipinski definition) is 0. The van der Waals surface area contributed by atoms with Crippen LogP contribution in [0.15, 0.2) is 71.9 Å². The quantitative estimate of drug-likeness (QED) is 0.371. The molecule has 0 nitrogen and oxygen atoms in total. The Kier molecular flexibility index (Phi) is 20.9. The van der Waals surface area contributed by atoms with Gasteiger partial charge in [0.05, 0.1) is 0 Å². The Balaban J connectivity index is 0. The molecule has 4 aliphatic carbocycles. The van der Waals surface area contributed by atoms with Crippen LogP contribution < -0.4 is 0 Å². The van der Waals surface area contributed by atoms with E-state index < -0.39 is 0 Å². The third-order valence-corrected chi connectivity index (χ3v) is 3.86. The third-order valence-electron chi connectivity index (χ3n) is 3.86. The molecule has 0 spiro atoms. The summed E-state index contributed by atoms with van der Waals surface area (Å²) >= 11 is 0. The Labute approximate surface area is 206 Å². The molecule has 0 saturated heterocycles. The first kappa shape index (κ1) is 29.7. The number of rotatable bonds is 2. The molecule has 0 radical (unpaired) electrons. The maximum atomic E-state index is 3.26. The van der Waals surface area contributed by atoms with Crippen LogP contribution in [0.4, 0.5) is 0 Å². The van der Waals surface area contributed by atoms with Gasteiger partial charge in [0, 0.05) is 0 Å². The van der Waals surface area contributed by atoms with Crippen molar-refractivity contribution in [2.45, 2.75) is 53.4 Å². The summed E-state index contributed by atoms with van der Waals surface area (Å²) in [5.74, 6) is 1.32. The van der Waals surface area contributed by atoms with E-state index in [1.54, 1.807) is 0 Å². The van der Waals surface area contributed by atoms with Crippen LogP contribution >= 0.6 is 0 Å². The van der Waals surface area contributed by atoms with Crippen LogP contribution in [0.5, 0.6) is 0 Å². The van der Waals surface area contributed by atoms with Gasteiger partial charge >= 0.3 is 46.1 Å². The van der Waals surface area contributed by atoms with Gasteiger partial charge in [-0.1, -0.05) is 39.5 Å². The van der Waals surface area contributed by atoms with Crippen molar-refractivity contribution in [2.75, 3.05) is 0 Å². The van der Waals surface area contributed by atoms with E-state index in [1.165, 1.54) is 11.1 Å². The molecule has 0 saturated carbocycles. The van der Waals surface area contributed by atoms with Gasteiger partial charge in [-0.05, 0) is 0 Å². The molecule has 0 aromatic rings. The maximum absolute atomic E-state index is 3.26. The van der Waals surface area contributed by atoms with E-state index >= 15 is 0 Å². The van der Waals surface area contributed by atoms with Gasteiger partial charge in [-0.2, -0.15) is 24.3 Å².